The molecule has 0 saturated carbocycles. The van der Waals surface area contributed by atoms with Gasteiger partial charge in [0.05, 0.1) is 18.6 Å². The molecule has 0 radical (unpaired) electrons. The summed E-state index contributed by atoms with van der Waals surface area (Å²) in [5, 5.41) is 21.0. The first kappa shape index (κ1) is 21.7. The first-order chi connectivity index (χ1) is 15.1. The molecule has 12 heteroatoms. The van der Waals surface area contributed by atoms with Crippen molar-refractivity contribution < 1.29 is 19.5 Å². The number of hydrogen-bond acceptors (Lipinski definition) is 6. The van der Waals surface area contributed by atoms with Crippen molar-refractivity contribution in [1.29, 1.82) is 0 Å². The third-order valence-corrected chi connectivity index (χ3v) is 4.80. The first-order valence-corrected chi connectivity index (χ1v) is 9.75. The zero-order chi connectivity index (χ0) is 22.1. The molecule has 4 rings (SSSR count). The van der Waals surface area contributed by atoms with Gasteiger partial charge in [0, 0.05) is 50.0 Å². The third kappa shape index (κ3) is 5.78. The fourth-order valence-corrected chi connectivity index (χ4v) is 3.32. The number of aromatic amines is 1. The van der Waals surface area contributed by atoms with Crippen molar-refractivity contribution in [3.05, 3.63) is 54.1 Å². The topological polar surface area (TPSA) is 151 Å². The Kier molecular flexibility index (Phi) is 7.51. The van der Waals surface area contributed by atoms with Crippen LogP contribution in [0.5, 0.6) is 0 Å². The van der Waals surface area contributed by atoms with Gasteiger partial charge in [0.25, 0.3) is 12.4 Å². The molecule has 0 fully saturated rings. The van der Waals surface area contributed by atoms with Gasteiger partial charge in [-0.1, -0.05) is 0 Å². The van der Waals surface area contributed by atoms with Gasteiger partial charge in [0.1, 0.15) is 6.54 Å². The summed E-state index contributed by atoms with van der Waals surface area (Å²) in [5.74, 6) is -0.186. The van der Waals surface area contributed by atoms with Crippen molar-refractivity contribution in [1.82, 2.24) is 39.7 Å². The van der Waals surface area contributed by atoms with E-state index in [1.165, 1.54) is 0 Å². The van der Waals surface area contributed by atoms with Gasteiger partial charge in [-0.05, 0) is 18.9 Å². The largest absolute Gasteiger partial charge is 0.483 e. The van der Waals surface area contributed by atoms with E-state index in [1.54, 1.807) is 40.6 Å². The van der Waals surface area contributed by atoms with E-state index >= 15 is 0 Å². The van der Waals surface area contributed by atoms with Crippen LogP contribution in [0.4, 0.5) is 0 Å². The van der Waals surface area contributed by atoms with Crippen molar-refractivity contribution >= 4 is 18.3 Å². The number of H-pyrrole nitrogens is 1. The van der Waals surface area contributed by atoms with Crippen LogP contribution in [0.15, 0.2) is 37.2 Å². The van der Waals surface area contributed by atoms with Gasteiger partial charge < -0.3 is 19.9 Å². The maximum atomic E-state index is 12.5. The smallest absolute Gasteiger partial charge is 0.290 e. The molecule has 1 aliphatic rings. The second-order valence-electron chi connectivity index (χ2n) is 6.81. The molecule has 0 unspecified atom stereocenters. The van der Waals surface area contributed by atoms with Crippen LogP contribution >= 0.6 is 0 Å². The Balaban J connectivity index is 0.000000858. The number of nitrogens with zero attached hydrogens (tertiary/aromatic N) is 6. The Morgan fingerprint density at radius 2 is 2.13 bits per heavy atom. The van der Waals surface area contributed by atoms with Gasteiger partial charge in [-0.15, -0.1) is 0 Å². The molecule has 4 heterocycles. The number of carbonyl (C=O) groups is 3. The second kappa shape index (κ2) is 10.7. The highest BCUT2D eigenvalue weighted by molar-refractivity contribution is 5.94. The van der Waals surface area contributed by atoms with Crippen LogP contribution in [0.3, 0.4) is 0 Å². The minimum absolute atomic E-state index is 0.00514. The molecular formula is C19H24N8O4. The molecule has 1 aliphatic heterocycles. The number of fused-ring (bicyclic) bond motifs is 1. The third-order valence-electron chi connectivity index (χ3n) is 4.80. The fraction of sp³-hybridized carbons (Fsp3) is 0.368. The number of aromatic nitrogens is 6. The average molecular weight is 428 g/mol. The summed E-state index contributed by atoms with van der Waals surface area (Å²) < 4.78 is 3.57. The zero-order valence-electron chi connectivity index (χ0n) is 16.8. The predicted molar refractivity (Wildman–Crippen MR) is 108 cm³/mol. The molecule has 3 aromatic rings. The number of nitrogens with one attached hydrogen (secondary N) is 2. The number of hydrogen-bond donors (Lipinski definition) is 3. The molecule has 0 spiro atoms. The van der Waals surface area contributed by atoms with Gasteiger partial charge in [-0.2, -0.15) is 10.2 Å². The van der Waals surface area contributed by atoms with Gasteiger partial charge in [0.15, 0.2) is 5.69 Å². The molecule has 31 heavy (non-hydrogen) atoms. The van der Waals surface area contributed by atoms with E-state index in [2.05, 4.69) is 25.6 Å². The Labute approximate surface area is 177 Å². The highest BCUT2D eigenvalue weighted by Crippen LogP contribution is 2.20. The summed E-state index contributed by atoms with van der Waals surface area (Å²) >= 11 is 0. The Morgan fingerprint density at radius 3 is 2.84 bits per heavy atom. The lowest BCUT2D eigenvalue weighted by Gasteiger charge is -2.26. The maximum Gasteiger partial charge on any atom is 0.290 e. The monoisotopic (exact) mass is 428 g/mol. The van der Waals surface area contributed by atoms with E-state index < -0.39 is 0 Å². The number of aryl methyl sites for hydroxylation is 1. The highest BCUT2D eigenvalue weighted by atomic mass is 16.3. The molecule has 12 nitrogen and oxygen atoms in total. The van der Waals surface area contributed by atoms with Crippen LogP contribution in [0.1, 0.15) is 28.2 Å². The molecule has 3 N–H and O–H groups in total. The lowest BCUT2D eigenvalue weighted by molar-refractivity contribution is -0.133. The predicted octanol–water partition coefficient (Wildman–Crippen LogP) is -0.0915. The number of carbonyl (C=O) groups excluding carboxylic acids is 2. The molecule has 0 saturated heterocycles. The normalized spacial score (nSPS) is 12.5. The lowest BCUT2D eigenvalue weighted by Crippen LogP contribution is -2.38. The minimum Gasteiger partial charge on any atom is -0.483 e. The van der Waals surface area contributed by atoms with Crippen LogP contribution < -0.4 is 5.32 Å². The standard InChI is InChI=1S/C18H22N8O2.CH2O2/c27-16(12-26-8-2-5-21-26)25-9-3-14-15(11-25)22-23-17(14)18(28)20-4-1-7-24-10-6-19-13-24;2-1-3/h2,5-6,8,10,13H,1,3-4,7,9,11-12H2,(H,20,28)(H,22,23);1H,(H,2,3). The van der Waals surface area contributed by atoms with E-state index in [4.69, 9.17) is 9.90 Å². The lowest BCUT2D eigenvalue weighted by atomic mass is 10.0. The Hall–Kier alpha value is -3.96. The van der Waals surface area contributed by atoms with E-state index in [0.29, 0.717) is 31.7 Å². The molecule has 0 aromatic carbocycles. The average Bonchev–Trinajstić information content (AvgIpc) is 3.53. The van der Waals surface area contributed by atoms with E-state index in [1.807, 2.05) is 10.8 Å². The summed E-state index contributed by atoms with van der Waals surface area (Å²) in [5.41, 5.74) is 2.15. The van der Waals surface area contributed by atoms with Crippen LogP contribution in [-0.2, 0) is 35.6 Å². The maximum absolute atomic E-state index is 12.5. The van der Waals surface area contributed by atoms with E-state index in [9.17, 15) is 9.59 Å². The molecule has 0 aliphatic carbocycles. The summed E-state index contributed by atoms with van der Waals surface area (Å²) in [6, 6.07) is 1.79. The van der Waals surface area contributed by atoms with Crippen LogP contribution in [0, 0.1) is 0 Å². The molecule has 2 amide bonds. The zero-order valence-corrected chi connectivity index (χ0v) is 16.8. The molecule has 164 valence electrons. The number of amides is 2. The number of imidazole rings is 1. The van der Waals surface area contributed by atoms with Crippen molar-refractivity contribution in [2.75, 3.05) is 13.1 Å². The summed E-state index contributed by atoms with van der Waals surface area (Å²) in [4.78, 5) is 39.0. The Morgan fingerprint density at radius 1 is 1.29 bits per heavy atom. The van der Waals surface area contributed by atoms with Crippen molar-refractivity contribution in [2.45, 2.75) is 32.5 Å². The number of rotatable bonds is 7. The highest BCUT2D eigenvalue weighted by Gasteiger charge is 2.27. The summed E-state index contributed by atoms with van der Waals surface area (Å²) in [6.07, 6.45) is 10.2. The molecule has 0 bridgehead atoms. The molecule has 0 atom stereocenters. The van der Waals surface area contributed by atoms with Crippen LogP contribution in [-0.4, -0.2) is 70.9 Å². The molecule has 3 aromatic heterocycles. The fourth-order valence-electron chi connectivity index (χ4n) is 3.32. The van der Waals surface area contributed by atoms with Gasteiger partial charge in [-0.25, -0.2) is 4.98 Å². The number of carboxylic acid groups (broad SMARTS) is 1. The van der Waals surface area contributed by atoms with Crippen LogP contribution in [0.2, 0.25) is 0 Å². The van der Waals surface area contributed by atoms with E-state index in [-0.39, 0.29) is 24.8 Å². The van der Waals surface area contributed by atoms with Crippen LogP contribution in [0.25, 0.3) is 0 Å². The van der Waals surface area contributed by atoms with Gasteiger partial charge in [-0.3, -0.25) is 24.2 Å². The van der Waals surface area contributed by atoms with Crippen molar-refractivity contribution in [3.63, 3.8) is 0 Å². The SMILES string of the molecule is O=C(NCCCn1ccnc1)c1n[nH]c2c1CCN(C(=O)Cn1cccn1)C2.O=CO. The summed E-state index contributed by atoms with van der Waals surface area (Å²) in [6.45, 7) is 2.31. The Bertz CT molecular complexity index is 981. The second-order valence-corrected chi connectivity index (χ2v) is 6.81. The first-order valence-electron chi connectivity index (χ1n) is 9.75. The quantitative estimate of drug-likeness (QED) is 0.351. The van der Waals surface area contributed by atoms with Crippen molar-refractivity contribution in [3.8, 4) is 0 Å². The molecular weight excluding hydrogens is 404 g/mol. The van der Waals surface area contributed by atoms with E-state index in [0.717, 1.165) is 24.2 Å². The summed E-state index contributed by atoms with van der Waals surface area (Å²) in [7, 11) is 0. The van der Waals surface area contributed by atoms with Gasteiger partial charge >= 0.3 is 0 Å². The van der Waals surface area contributed by atoms with Crippen molar-refractivity contribution in [2.24, 2.45) is 0 Å². The van der Waals surface area contributed by atoms with Gasteiger partial charge in [0.2, 0.25) is 5.91 Å². The minimum atomic E-state index is -0.250.